The molecule has 2 N–H and O–H groups in total. The minimum absolute atomic E-state index is 0.0964. The number of pyridine rings is 1. The van der Waals surface area contributed by atoms with Gasteiger partial charge in [0.05, 0.1) is 31.3 Å². The van der Waals surface area contributed by atoms with Crippen LogP contribution < -0.4 is 10.1 Å². The molecule has 1 amide bonds. The smallest absolute Gasteiger partial charge is 0.258 e. The summed E-state index contributed by atoms with van der Waals surface area (Å²) in [5, 5.41) is 11.5. The maximum absolute atomic E-state index is 11.5. The molecule has 2 aromatic heterocycles. The van der Waals surface area contributed by atoms with Gasteiger partial charge in [-0.3, -0.25) is 9.78 Å². The Morgan fingerprint density at radius 2 is 2.32 bits per heavy atom. The molecule has 2 rings (SSSR count). The van der Waals surface area contributed by atoms with Crippen molar-refractivity contribution in [1.29, 1.82) is 0 Å². The standard InChI is InChI=1S/C13H14N2O4/c16-8-10-3-4-12(6-14-10)19-9-13(17)15-7-11-2-1-5-18-11/h1-6,16H,7-9H2,(H,15,17). The Kier molecular flexibility index (Phi) is 4.52. The SMILES string of the molecule is O=C(COc1ccc(CO)nc1)NCc1ccco1. The van der Waals surface area contributed by atoms with Crippen molar-refractivity contribution in [3.05, 3.63) is 48.2 Å². The maximum atomic E-state index is 11.5. The first kappa shape index (κ1) is 13.1. The van der Waals surface area contributed by atoms with E-state index < -0.39 is 0 Å². The zero-order valence-corrected chi connectivity index (χ0v) is 10.2. The van der Waals surface area contributed by atoms with Crippen LogP contribution in [0, 0.1) is 0 Å². The monoisotopic (exact) mass is 262 g/mol. The van der Waals surface area contributed by atoms with Crippen molar-refractivity contribution < 1.29 is 19.1 Å². The lowest BCUT2D eigenvalue weighted by Crippen LogP contribution is -2.28. The summed E-state index contributed by atoms with van der Waals surface area (Å²) in [7, 11) is 0. The van der Waals surface area contributed by atoms with Crippen LogP contribution in [0.25, 0.3) is 0 Å². The molecule has 0 atom stereocenters. The largest absolute Gasteiger partial charge is 0.482 e. The van der Waals surface area contributed by atoms with Gasteiger partial charge in [-0.2, -0.15) is 0 Å². The summed E-state index contributed by atoms with van der Waals surface area (Å²) in [6, 6.07) is 6.82. The molecule has 0 bridgehead atoms. The second-order valence-electron chi connectivity index (χ2n) is 3.79. The lowest BCUT2D eigenvalue weighted by atomic mass is 10.3. The molecule has 0 unspecified atom stereocenters. The topological polar surface area (TPSA) is 84.6 Å². The van der Waals surface area contributed by atoms with Crippen LogP contribution in [0.3, 0.4) is 0 Å². The minimum Gasteiger partial charge on any atom is -0.482 e. The third kappa shape index (κ3) is 4.11. The Balaban J connectivity index is 1.73. The van der Waals surface area contributed by atoms with Crippen LogP contribution in [-0.2, 0) is 17.9 Å². The van der Waals surface area contributed by atoms with Crippen molar-refractivity contribution in [3.8, 4) is 5.75 Å². The number of nitrogens with zero attached hydrogens (tertiary/aromatic N) is 1. The van der Waals surface area contributed by atoms with E-state index in [0.717, 1.165) is 0 Å². The van der Waals surface area contributed by atoms with Crippen LogP contribution in [0.1, 0.15) is 11.5 Å². The molecule has 0 aliphatic carbocycles. The maximum Gasteiger partial charge on any atom is 0.258 e. The number of hydrogen-bond acceptors (Lipinski definition) is 5. The zero-order valence-electron chi connectivity index (χ0n) is 10.2. The van der Waals surface area contributed by atoms with E-state index in [2.05, 4.69) is 10.3 Å². The molecular weight excluding hydrogens is 248 g/mol. The van der Waals surface area contributed by atoms with E-state index in [9.17, 15) is 4.79 Å². The number of nitrogens with one attached hydrogen (secondary N) is 1. The zero-order chi connectivity index (χ0) is 13.5. The first-order valence-corrected chi connectivity index (χ1v) is 5.75. The second-order valence-corrected chi connectivity index (χ2v) is 3.79. The Labute approximate surface area is 110 Å². The molecule has 0 aliphatic heterocycles. The molecule has 0 spiro atoms. The number of amides is 1. The van der Waals surface area contributed by atoms with Crippen LogP contribution in [0.5, 0.6) is 5.75 Å². The fourth-order valence-electron chi connectivity index (χ4n) is 1.39. The Morgan fingerprint density at radius 1 is 1.42 bits per heavy atom. The molecule has 0 aliphatic rings. The van der Waals surface area contributed by atoms with E-state index in [0.29, 0.717) is 23.7 Å². The Bertz CT molecular complexity index is 508. The van der Waals surface area contributed by atoms with Crippen LogP contribution in [0.4, 0.5) is 0 Å². The average molecular weight is 262 g/mol. The number of carbonyl (C=O) groups is 1. The van der Waals surface area contributed by atoms with Gasteiger partial charge in [-0.1, -0.05) is 0 Å². The highest BCUT2D eigenvalue weighted by Crippen LogP contribution is 2.08. The Hall–Kier alpha value is -2.34. The highest BCUT2D eigenvalue weighted by Gasteiger charge is 2.04. The van der Waals surface area contributed by atoms with Crippen molar-refractivity contribution in [2.45, 2.75) is 13.2 Å². The predicted octanol–water partition coefficient (Wildman–Crippen LogP) is 0.862. The molecule has 6 heteroatoms. The van der Waals surface area contributed by atoms with Gasteiger partial charge in [-0.15, -0.1) is 0 Å². The molecule has 2 aromatic rings. The summed E-state index contributed by atoms with van der Waals surface area (Å²) < 4.78 is 10.3. The predicted molar refractivity (Wildman–Crippen MR) is 66.2 cm³/mol. The van der Waals surface area contributed by atoms with Gasteiger partial charge >= 0.3 is 0 Å². The van der Waals surface area contributed by atoms with Gasteiger partial charge in [0.2, 0.25) is 0 Å². The highest BCUT2D eigenvalue weighted by molar-refractivity contribution is 5.77. The van der Waals surface area contributed by atoms with E-state index >= 15 is 0 Å². The molecule has 6 nitrogen and oxygen atoms in total. The molecule has 0 saturated carbocycles. The van der Waals surface area contributed by atoms with E-state index in [1.165, 1.54) is 6.20 Å². The lowest BCUT2D eigenvalue weighted by Gasteiger charge is -2.06. The number of hydrogen-bond donors (Lipinski definition) is 2. The number of carbonyl (C=O) groups excluding carboxylic acids is 1. The number of aliphatic hydroxyl groups excluding tert-OH is 1. The number of aliphatic hydroxyl groups is 1. The van der Waals surface area contributed by atoms with Crippen LogP contribution in [0.2, 0.25) is 0 Å². The fraction of sp³-hybridized carbons (Fsp3) is 0.231. The van der Waals surface area contributed by atoms with Crippen molar-refractivity contribution in [2.75, 3.05) is 6.61 Å². The number of furan rings is 1. The van der Waals surface area contributed by atoms with Crippen molar-refractivity contribution in [1.82, 2.24) is 10.3 Å². The van der Waals surface area contributed by atoms with E-state index in [4.69, 9.17) is 14.3 Å². The molecule has 0 radical (unpaired) electrons. The molecule has 19 heavy (non-hydrogen) atoms. The van der Waals surface area contributed by atoms with Crippen LogP contribution in [0.15, 0.2) is 41.1 Å². The third-order valence-electron chi connectivity index (χ3n) is 2.37. The fourth-order valence-corrected chi connectivity index (χ4v) is 1.39. The number of aromatic nitrogens is 1. The number of ether oxygens (including phenoxy) is 1. The Morgan fingerprint density at radius 3 is 2.95 bits per heavy atom. The summed E-state index contributed by atoms with van der Waals surface area (Å²) in [6.07, 6.45) is 3.01. The summed E-state index contributed by atoms with van der Waals surface area (Å²) >= 11 is 0. The van der Waals surface area contributed by atoms with E-state index in [1.807, 2.05) is 0 Å². The van der Waals surface area contributed by atoms with Crippen LogP contribution in [-0.4, -0.2) is 22.6 Å². The van der Waals surface area contributed by atoms with Gasteiger partial charge < -0.3 is 19.6 Å². The lowest BCUT2D eigenvalue weighted by molar-refractivity contribution is -0.123. The van der Waals surface area contributed by atoms with Crippen LogP contribution >= 0.6 is 0 Å². The average Bonchev–Trinajstić information content (AvgIpc) is 2.96. The quantitative estimate of drug-likeness (QED) is 0.806. The summed E-state index contributed by atoms with van der Waals surface area (Å²) in [4.78, 5) is 15.4. The van der Waals surface area contributed by atoms with Gasteiger partial charge in [-0.05, 0) is 24.3 Å². The van der Waals surface area contributed by atoms with Gasteiger partial charge in [0.15, 0.2) is 6.61 Å². The molecule has 100 valence electrons. The van der Waals surface area contributed by atoms with Gasteiger partial charge in [-0.25, -0.2) is 0 Å². The first-order valence-electron chi connectivity index (χ1n) is 5.75. The van der Waals surface area contributed by atoms with Gasteiger partial charge in [0.1, 0.15) is 11.5 Å². The molecule has 2 heterocycles. The van der Waals surface area contributed by atoms with Crippen molar-refractivity contribution >= 4 is 5.91 Å². The van der Waals surface area contributed by atoms with Gasteiger partial charge in [0.25, 0.3) is 5.91 Å². The molecule has 0 fully saturated rings. The molecule has 0 aromatic carbocycles. The van der Waals surface area contributed by atoms with Gasteiger partial charge in [0, 0.05) is 0 Å². The summed E-state index contributed by atoms with van der Waals surface area (Å²) in [5.74, 6) is 0.912. The highest BCUT2D eigenvalue weighted by atomic mass is 16.5. The van der Waals surface area contributed by atoms with Crippen molar-refractivity contribution in [2.24, 2.45) is 0 Å². The van der Waals surface area contributed by atoms with Crippen molar-refractivity contribution in [3.63, 3.8) is 0 Å². The molecule has 0 saturated heterocycles. The molecular formula is C13H14N2O4. The second kappa shape index (κ2) is 6.55. The third-order valence-corrected chi connectivity index (χ3v) is 2.37. The summed E-state index contributed by atoms with van der Waals surface area (Å²) in [5.41, 5.74) is 0.551. The minimum atomic E-state index is -0.248. The van der Waals surface area contributed by atoms with E-state index in [-0.39, 0.29) is 19.1 Å². The summed E-state index contributed by atoms with van der Waals surface area (Å²) in [6.45, 7) is 0.113. The first-order chi connectivity index (χ1) is 9.28. The normalized spacial score (nSPS) is 10.2. The van der Waals surface area contributed by atoms with E-state index in [1.54, 1.807) is 30.5 Å². The number of rotatable bonds is 6.